The maximum Gasteiger partial charge on any atom is 0.247 e. The number of aromatic nitrogens is 3. The van der Waals surface area contributed by atoms with Gasteiger partial charge < -0.3 is 10.1 Å². The highest BCUT2D eigenvalue weighted by Gasteiger charge is 2.34. The third-order valence-electron chi connectivity index (χ3n) is 5.59. The molecule has 0 spiro atoms. The molecule has 0 saturated carbocycles. The quantitative estimate of drug-likeness (QED) is 0.406. The van der Waals surface area contributed by atoms with E-state index in [-0.39, 0.29) is 6.23 Å². The topological polar surface area (TPSA) is 59.9 Å². The fraction of sp³-hybridized carbons (Fsp3) is 0.500. The van der Waals surface area contributed by atoms with E-state index in [4.69, 9.17) is 9.72 Å². The standard InChI is InChI=1S/C22H28N4OS/c1-4-5-12-28-22-24-21-19(25-26-22)17-8-6-7-9-18(17)23-20(27-21)16-11-10-14(2)13-15(16)3/h6-10,15-16,20,23H,4-5,11-13H2,1-3H3/t15-,16-,20-/m0/s1. The molecular weight excluding hydrogens is 368 g/mol. The summed E-state index contributed by atoms with van der Waals surface area (Å²) in [6, 6.07) is 8.20. The molecule has 2 heterocycles. The number of para-hydroxylation sites is 1. The summed E-state index contributed by atoms with van der Waals surface area (Å²) >= 11 is 1.65. The van der Waals surface area contributed by atoms with Crippen LogP contribution in [0.15, 0.2) is 41.1 Å². The average Bonchev–Trinajstić information content (AvgIpc) is 2.84. The van der Waals surface area contributed by atoms with Gasteiger partial charge in [0.25, 0.3) is 0 Å². The Bertz CT molecular complexity index is 869. The van der Waals surface area contributed by atoms with Crippen molar-refractivity contribution in [3.63, 3.8) is 0 Å². The first kappa shape index (κ1) is 19.2. The predicted molar refractivity (Wildman–Crippen MR) is 115 cm³/mol. The third kappa shape index (κ3) is 4.02. The Hall–Kier alpha value is -2.08. The number of unbranched alkanes of at least 4 members (excludes halogenated alkanes) is 1. The lowest BCUT2D eigenvalue weighted by Gasteiger charge is -2.34. The van der Waals surface area contributed by atoms with E-state index in [1.807, 2.05) is 12.1 Å². The summed E-state index contributed by atoms with van der Waals surface area (Å²) in [5.74, 6) is 2.52. The first-order valence-corrected chi connectivity index (χ1v) is 11.2. The number of thioether (sulfide) groups is 1. The van der Waals surface area contributed by atoms with Gasteiger partial charge in [0.15, 0.2) is 11.9 Å². The normalized spacial score (nSPS) is 23.5. The Balaban J connectivity index is 1.68. The van der Waals surface area contributed by atoms with Gasteiger partial charge in [0.1, 0.15) is 0 Å². The van der Waals surface area contributed by atoms with E-state index in [1.54, 1.807) is 11.8 Å². The largest absolute Gasteiger partial charge is 0.452 e. The molecule has 0 amide bonds. The highest BCUT2D eigenvalue weighted by molar-refractivity contribution is 7.99. The lowest BCUT2D eigenvalue weighted by Crippen LogP contribution is -2.39. The monoisotopic (exact) mass is 396 g/mol. The molecule has 0 radical (unpaired) electrons. The van der Waals surface area contributed by atoms with Gasteiger partial charge in [-0.1, -0.05) is 61.9 Å². The fourth-order valence-electron chi connectivity index (χ4n) is 3.96. The van der Waals surface area contributed by atoms with Crippen LogP contribution >= 0.6 is 11.8 Å². The molecule has 0 fully saturated rings. The number of hydrogen-bond acceptors (Lipinski definition) is 6. The van der Waals surface area contributed by atoms with Gasteiger partial charge in [0.2, 0.25) is 11.0 Å². The number of benzene rings is 1. The minimum atomic E-state index is -0.132. The summed E-state index contributed by atoms with van der Waals surface area (Å²) < 4.78 is 6.46. The molecule has 1 aromatic carbocycles. The molecule has 1 aromatic heterocycles. The van der Waals surface area contributed by atoms with Crippen LogP contribution in [-0.4, -0.2) is 27.2 Å². The number of ether oxygens (including phenoxy) is 1. The Morgan fingerprint density at radius 1 is 1.25 bits per heavy atom. The molecular formula is C22H28N4OS. The molecule has 0 unspecified atom stereocenters. The third-order valence-corrected chi connectivity index (χ3v) is 6.51. The van der Waals surface area contributed by atoms with Gasteiger partial charge in [-0.3, -0.25) is 0 Å². The molecule has 0 bridgehead atoms. The van der Waals surface area contributed by atoms with Crippen molar-refractivity contribution in [3.05, 3.63) is 35.9 Å². The smallest absolute Gasteiger partial charge is 0.247 e. The number of allylic oxidation sites excluding steroid dienone is 2. The zero-order valence-electron chi connectivity index (χ0n) is 16.8. The van der Waals surface area contributed by atoms with Crippen LogP contribution in [0.2, 0.25) is 0 Å². The molecule has 6 heteroatoms. The number of hydrogen-bond donors (Lipinski definition) is 1. The molecule has 1 aliphatic heterocycles. The molecule has 4 rings (SSSR count). The second kappa shape index (κ2) is 8.52. The second-order valence-corrected chi connectivity index (χ2v) is 8.87. The van der Waals surface area contributed by atoms with Crippen molar-refractivity contribution < 1.29 is 4.74 Å². The fourth-order valence-corrected chi connectivity index (χ4v) is 4.83. The second-order valence-electron chi connectivity index (χ2n) is 7.81. The summed E-state index contributed by atoms with van der Waals surface area (Å²) in [7, 11) is 0. The van der Waals surface area contributed by atoms with Gasteiger partial charge in [0, 0.05) is 22.9 Å². The summed E-state index contributed by atoms with van der Waals surface area (Å²) in [6.07, 6.45) is 6.64. The molecule has 3 atom stereocenters. The van der Waals surface area contributed by atoms with Crippen molar-refractivity contribution in [1.82, 2.24) is 15.2 Å². The Kier molecular flexibility index (Phi) is 5.85. The lowest BCUT2D eigenvalue weighted by molar-refractivity contribution is 0.114. The van der Waals surface area contributed by atoms with Crippen LogP contribution in [0.3, 0.4) is 0 Å². The molecule has 1 N–H and O–H groups in total. The summed E-state index contributed by atoms with van der Waals surface area (Å²) in [5.41, 5.74) is 4.23. The molecule has 148 valence electrons. The first-order valence-electron chi connectivity index (χ1n) is 10.2. The highest BCUT2D eigenvalue weighted by Crippen LogP contribution is 2.40. The number of nitrogens with one attached hydrogen (secondary N) is 1. The SMILES string of the molecule is CCCCSc1nnc2c(n1)O[C@@H]([C@H]1CC=C(C)C[C@@H]1C)Nc1ccccc1-2. The lowest BCUT2D eigenvalue weighted by atomic mass is 9.80. The number of anilines is 1. The minimum absolute atomic E-state index is 0.132. The van der Waals surface area contributed by atoms with Crippen molar-refractivity contribution in [2.24, 2.45) is 11.8 Å². The van der Waals surface area contributed by atoms with Crippen molar-refractivity contribution >= 4 is 17.4 Å². The van der Waals surface area contributed by atoms with Crippen LogP contribution in [0, 0.1) is 11.8 Å². The van der Waals surface area contributed by atoms with Crippen LogP contribution in [0.1, 0.15) is 46.5 Å². The van der Waals surface area contributed by atoms with Crippen molar-refractivity contribution in [2.75, 3.05) is 11.1 Å². The predicted octanol–water partition coefficient (Wildman–Crippen LogP) is 5.55. The maximum atomic E-state index is 6.46. The molecule has 0 saturated heterocycles. The van der Waals surface area contributed by atoms with E-state index >= 15 is 0 Å². The van der Waals surface area contributed by atoms with Crippen LogP contribution < -0.4 is 10.1 Å². The number of fused-ring (bicyclic) bond motifs is 3. The van der Waals surface area contributed by atoms with Crippen LogP contribution in [0.25, 0.3) is 11.3 Å². The summed E-state index contributed by atoms with van der Waals surface area (Å²) in [5, 5.41) is 13.2. The number of nitrogens with zero attached hydrogens (tertiary/aromatic N) is 3. The Labute approximate surface area is 171 Å². The van der Waals surface area contributed by atoms with Crippen molar-refractivity contribution in [2.45, 2.75) is 57.8 Å². The van der Waals surface area contributed by atoms with Gasteiger partial charge in [-0.25, -0.2) is 0 Å². The average molecular weight is 397 g/mol. The van der Waals surface area contributed by atoms with E-state index in [1.165, 1.54) is 5.57 Å². The highest BCUT2D eigenvalue weighted by atomic mass is 32.2. The summed E-state index contributed by atoms with van der Waals surface area (Å²) in [6.45, 7) is 6.72. The van der Waals surface area contributed by atoms with Crippen molar-refractivity contribution in [1.29, 1.82) is 0 Å². The molecule has 28 heavy (non-hydrogen) atoms. The maximum absolute atomic E-state index is 6.46. The van der Waals surface area contributed by atoms with Gasteiger partial charge in [0.05, 0.1) is 0 Å². The van der Waals surface area contributed by atoms with E-state index < -0.39 is 0 Å². The van der Waals surface area contributed by atoms with Crippen LogP contribution in [-0.2, 0) is 0 Å². The van der Waals surface area contributed by atoms with E-state index in [0.29, 0.717) is 22.9 Å². The van der Waals surface area contributed by atoms with Gasteiger partial charge in [-0.15, -0.1) is 10.2 Å². The van der Waals surface area contributed by atoms with Gasteiger partial charge >= 0.3 is 0 Å². The molecule has 5 nitrogen and oxygen atoms in total. The Morgan fingerprint density at radius 3 is 2.93 bits per heavy atom. The minimum Gasteiger partial charge on any atom is -0.452 e. The van der Waals surface area contributed by atoms with Gasteiger partial charge in [-0.2, -0.15) is 4.98 Å². The van der Waals surface area contributed by atoms with E-state index in [0.717, 1.165) is 48.4 Å². The molecule has 2 aliphatic rings. The van der Waals surface area contributed by atoms with Crippen LogP contribution in [0.5, 0.6) is 5.88 Å². The Morgan fingerprint density at radius 2 is 2.11 bits per heavy atom. The van der Waals surface area contributed by atoms with E-state index in [9.17, 15) is 0 Å². The zero-order valence-corrected chi connectivity index (χ0v) is 17.6. The van der Waals surface area contributed by atoms with Crippen LogP contribution in [0.4, 0.5) is 5.69 Å². The van der Waals surface area contributed by atoms with Crippen molar-refractivity contribution in [3.8, 4) is 17.1 Å². The van der Waals surface area contributed by atoms with Gasteiger partial charge in [-0.05, 0) is 38.2 Å². The zero-order chi connectivity index (χ0) is 19.5. The summed E-state index contributed by atoms with van der Waals surface area (Å²) in [4.78, 5) is 4.74. The molecule has 1 aliphatic carbocycles. The number of rotatable bonds is 5. The van der Waals surface area contributed by atoms with E-state index in [2.05, 4.69) is 54.5 Å². The first-order chi connectivity index (χ1) is 13.7. The molecule has 2 aromatic rings.